The summed E-state index contributed by atoms with van der Waals surface area (Å²) in [7, 11) is 1.76. The fraction of sp³-hybridized carbons (Fsp3) is 0.273. The number of aldehydes is 1. The van der Waals surface area contributed by atoms with E-state index in [0.717, 1.165) is 10.2 Å². The van der Waals surface area contributed by atoms with Crippen molar-refractivity contribution in [1.29, 1.82) is 0 Å². The molecule has 0 aromatic carbocycles. The Hall–Kier alpha value is -1.62. The molecule has 84 valence electrons. The third-order valence-corrected chi connectivity index (χ3v) is 3.36. The Morgan fingerprint density at radius 3 is 3.00 bits per heavy atom. The van der Waals surface area contributed by atoms with Crippen LogP contribution in [0.25, 0.3) is 10.2 Å². The number of carbonyl (C=O) groups is 2. The second-order valence-corrected chi connectivity index (χ2v) is 4.21. The van der Waals surface area contributed by atoms with Crippen molar-refractivity contribution >= 4 is 33.8 Å². The van der Waals surface area contributed by atoms with Gasteiger partial charge < -0.3 is 9.30 Å². The van der Waals surface area contributed by atoms with Gasteiger partial charge in [-0.2, -0.15) is 0 Å². The van der Waals surface area contributed by atoms with Crippen LogP contribution in [0, 0.1) is 0 Å². The lowest BCUT2D eigenvalue weighted by Gasteiger charge is -2.04. The Morgan fingerprint density at radius 1 is 1.62 bits per heavy atom. The van der Waals surface area contributed by atoms with Gasteiger partial charge >= 0.3 is 5.97 Å². The molecule has 0 atom stereocenters. The van der Waals surface area contributed by atoms with E-state index in [2.05, 4.69) is 0 Å². The van der Waals surface area contributed by atoms with E-state index in [0.29, 0.717) is 24.2 Å². The smallest absolute Gasteiger partial charge is 0.355 e. The van der Waals surface area contributed by atoms with Crippen molar-refractivity contribution in [1.82, 2.24) is 4.57 Å². The minimum Gasteiger partial charge on any atom is -0.461 e. The summed E-state index contributed by atoms with van der Waals surface area (Å²) in [5, 5.41) is 1.90. The lowest BCUT2D eigenvalue weighted by molar-refractivity contribution is 0.0513. The van der Waals surface area contributed by atoms with Gasteiger partial charge in [-0.15, -0.1) is 11.3 Å². The van der Waals surface area contributed by atoms with Crippen LogP contribution in [0.1, 0.15) is 27.8 Å². The molecule has 0 N–H and O–H groups in total. The van der Waals surface area contributed by atoms with E-state index < -0.39 is 5.97 Å². The number of nitrogens with zero attached hydrogens (tertiary/aromatic N) is 1. The number of fused-ring (bicyclic) bond motifs is 1. The maximum absolute atomic E-state index is 11.7. The average molecular weight is 237 g/mol. The van der Waals surface area contributed by atoms with Gasteiger partial charge in [-0.3, -0.25) is 4.79 Å². The van der Waals surface area contributed by atoms with Crippen LogP contribution >= 0.6 is 11.3 Å². The zero-order chi connectivity index (χ0) is 11.7. The van der Waals surface area contributed by atoms with E-state index in [-0.39, 0.29) is 0 Å². The van der Waals surface area contributed by atoms with Crippen LogP contribution in [0.4, 0.5) is 0 Å². The molecule has 0 aliphatic carbocycles. The number of carbonyl (C=O) groups excluding carboxylic acids is 2. The predicted octanol–water partition coefficient (Wildman–Crippen LogP) is 2.23. The third kappa shape index (κ3) is 1.44. The van der Waals surface area contributed by atoms with Crippen molar-refractivity contribution in [3.8, 4) is 0 Å². The molecular weight excluding hydrogens is 226 g/mol. The highest BCUT2D eigenvalue weighted by molar-refractivity contribution is 7.17. The number of esters is 1. The fourth-order valence-electron chi connectivity index (χ4n) is 1.73. The van der Waals surface area contributed by atoms with Gasteiger partial charge in [0, 0.05) is 7.05 Å². The summed E-state index contributed by atoms with van der Waals surface area (Å²) in [4.78, 5) is 22.8. The number of aryl methyl sites for hydroxylation is 1. The van der Waals surface area contributed by atoms with Crippen LogP contribution in [0.15, 0.2) is 11.4 Å². The first-order valence-corrected chi connectivity index (χ1v) is 5.76. The molecule has 0 saturated heterocycles. The van der Waals surface area contributed by atoms with E-state index in [1.807, 2.05) is 11.4 Å². The molecule has 0 spiro atoms. The van der Waals surface area contributed by atoms with Crippen LogP contribution < -0.4 is 0 Å². The number of hydrogen-bond donors (Lipinski definition) is 0. The van der Waals surface area contributed by atoms with Gasteiger partial charge in [0.2, 0.25) is 0 Å². The number of ether oxygens (including phenoxy) is 1. The highest BCUT2D eigenvalue weighted by Gasteiger charge is 2.22. The van der Waals surface area contributed by atoms with Crippen LogP contribution in [0.5, 0.6) is 0 Å². The van der Waals surface area contributed by atoms with E-state index in [9.17, 15) is 9.59 Å². The average Bonchev–Trinajstić information content (AvgIpc) is 2.81. The molecule has 2 aromatic rings. The van der Waals surface area contributed by atoms with E-state index in [1.165, 1.54) is 11.3 Å². The molecule has 5 heteroatoms. The molecule has 2 heterocycles. The molecule has 0 unspecified atom stereocenters. The Labute approximate surface area is 96.4 Å². The molecule has 0 aliphatic rings. The molecule has 0 aliphatic heterocycles. The number of thiophene rings is 1. The first kappa shape index (κ1) is 10.9. The summed E-state index contributed by atoms with van der Waals surface area (Å²) >= 11 is 1.45. The summed E-state index contributed by atoms with van der Waals surface area (Å²) in [5.74, 6) is -0.449. The van der Waals surface area contributed by atoms with Gasteiger partial charge in [0.25, 0.3) is 0 Å². The molecule has 16 heavy (non-hydrogen) atoms. The van der Waals surface area contributed by atoms with Crippen LogP contribution in [0.2, 0.25) is 0 Å². The minimum absolute atomic E-state index is 0.302. The lowest BCUT2D eigenvalue weighted by atomic mass is 10.2. The lowest BCUT2D eigenvalue weighted by Crippen LogP contribution is -2.11. The van der Waals surface area contributed by atoms with Gasteiger partial charge in [-0.05, 0) is 18.4 Å². The zero-order valence-electron chi connectivity index (χ0n) is 9.02. The molecule has 0 saturated carbocycles. The fourth-order valence-corrected chi connectivity index (χ4v) is 2.66. The largest absolute Gasteiger partial charge is 0.461 e. The number of rotatable bonds is 3. The maximum atomic E-state index is 11.7. The van der Waals surface area contributed by atoms with Gasteiger partial charge in [-0.1, -0.05) is 0 Å². The van der Waals surface area contributed by atoms with Gasteiger partial charge in [-0.25, -0.2) is 4.79 Å². The van der Waals surface area contributed by atoms with Crippen molar-refractivity contribution < 1.29 is 14.3 Å². The summed E-state index contributed by atoms with van der Waals surface area (Å²) in [5.41, 5.74) is 1.64. The SMILES string of the molecule is CCOC(=O)c1c(C=O)c2sccc2n1C. The minimum atomic E-state index is -0.449. The summed E-state index contributed by atoms with van der Waals surface area (Å²) < 4.78 is 7.47. The maximum Gasteiger partial charge on any atom is 0.355 e. The van der Waals surface area contributed by atoms with Crippen LogP contribution in [-0.2, 0) is 11.8 Å². The number of aromatic nitrogens is 1. The predicted molar refractivity (Wildman–Crippen MR) is 62.1 cm³/mol. The van der Waals surface area contributed by atoms with Crippen molar-refractivity contribution in [3.05, 3.63) is 22.7 Å². The van der Waals surface area contributed by atoms with Crippen molar-refractivity contribution in [2.45, 2.75) is 6.92 Å². The first-order valence-electron chi connectivity index (χ1n) is 4.88. The van der Waals surface area contributed by atoms with E-state index >= 15 is 0 Å². The van der Waals surface area contributed by atoms with Crippen molar-refractivity contribution in [2.75, 3.05) is 6.61 Å². The van der Waals surface area contributed by atoms with Crippen molar-refractivity contribution in [2.24, 2.45) is 7.05 Å². The quantitative estimate of drug-likeness (QED) is 0.607. The van der Waals surface area contributed by atoms with E-state index in [4.69, 9.17) is 4.74 Å². The summed E-state index contributed by atoms with van der Waals surface area (Å²) in [6.45, 7) is 2.04. The number of hydrogen-bond acceptors (Lipinski definition) is 4. The van der Waals surface area contributed by atoms with Crippen molar-refractivity contribution in [3.63, 3.8) is 0 Å². The summed E-state index contributed by atoms with van der Waals surface area (Å²) in [6.07, 6.45) is 0.713. The highest BCUT2D eigenvalue weighted by atomic mass is 32.1. The third-order valence-electron chi connectivity index (χ3n) is 2.43. The normalized spacial score (nSPS) is 10.6. The monoisotopic (exact) mass is 237 g/mol. The Morgan fingerprint density at radius 2 is 2.38 bits per heavy atom. The van der Waals surface area contributed by atoms with E-state index in [1.54, 1.807) is 18.5 Å². The highest BCUT2D eigenvalue weighted by Crippen LogP contribution is 2.29. The second kappa shape index (κ2) is 4.09. The first-order chi connectivity index (χ1) is 7.70. The molecule has 4 nitrogen and oxygen atoms in total. The Kier molecular flexibility index (Phi) is 2.78. The van der Waals surface area contributed by atoms with Crippen LogP contribution in [-0.4, -0.2) is 23.4 Å². The molecule has 2 rings (SSSR count). The van der Waals surface area contributed by atoms with Gasteiger partial charge in [0.15, 0.2) is 6.29 Å². The Bertz CT molecular complexity index is 553. The summed E-state index contributed by atoms with van der Waals surface area (Å²) in [6, 6.07) is 1.88. The zero-order valence-corrected chi connectivity index (χ0v) is 9.84. The van der Waals surface area contributed by atoms with Gasteiger partial charge in [0.05, 0.1) is 22.4 Å². The Balaban J connectivity index is 2.67. The molecular formula is C11H11NO3S. The molecule has 0 fully saturated rings. The van der Waals surface area contributed by atoms with Gasteiger partial charge in [0.1, 0.15) is 5.69 Å². The second-order valence-electron chi connectivity index (χ2n) is 3.29. The standard InChI is InChI=1S/C11H11NO3S/c1-3-15-11(14)9-7(6-13)10-8(12(9)2)4-5-16-10/h4-6H,3H2,1-2H3. The molecule has 0 amide bonds. The molecule has 2 aromatic heterocycles. The molecule has 0 bridgehead atoms. The molecule has 0 radical (unpaired) electrons. The van der Waals surface area contributed by atoms with Crippen LogP contribution in [0.3, 0.4) is 0 Å². The topological polar surface area (TPSA) is 48.3 Å².